The topological polar surface area (TPSA) is 21.3 Å². The highest BCUT2D eigenvalue weighted by atomic mass is 79.9. The van der Waals surface area contributed by atoms with Gasteiger partial charge in [-0.15, -0.1) is 0 Å². The van der Waals surface area contributed by atoms with Gasteiger partial charge >= 0.3 is 0 Å². The maximum Gasteiger partial charge on any atom is 0.132 e. The fourth-order valence-corrected chi connectivity index (χ4v) is 2.42. The smallest absolute Gasteiger partial charge is 0.132 e. The SMILES string of the molecule is Cc1cc(Br)ccc1Oc1ccc(F)cc1CNC(C)C. The molecule has 2 nitrogen and oxygen atoms in total. The molecule has 112 valence electrons. The summed E-state index contributed by atoms with van der Waals surface area (Å²) in [4.78, 5) is 0. The number of nitrogens with one attached hydrogen (secondary N) is 1. The first kappa shape index (κ1) is 16.0. The van der Waals surface area contributed by atoms with Gasteiger partial charge in [-0.1, -0.05) is 29.8 Å². The first-order valence-corrected chi connectivity index (χ1v) is 7.71. The molecule has 0 radical (unpaired) electrons. The molecule has 2 aromatic rings. The molecule has 0 saturated heterocycles. The molecule has 0 saturated carbocycles. The second-order valence-electron chi connectivity index (χ2n) is 5.30. The summed E-state index contributed by atoms with van der Waals surface area (Å²) in [6, 6.07) is 10.8. The third kappa shape index (κ3) is 4.55. The zero-order valence-corrected chi connectivity index (χ0v) is 14.0. The molecule has 21 heavy (non-hydrogen) atoms. The number of hydrogen-bond donors (Lipinski definition) is 1. The second-order valence-corrected chi connectivity index (χ2v) is 6.22. The Morgan fingerprint density at radius 3 is 2.52 bits per heavy atom. The molecule has 0 aromatic heterocycles. The maximum absolute atomic E-state index is 13.5. The zero-order chi connectivity index (χ0) is 15.4. The van der Waals surface area contributed by atoms with Crippen molar-refractivity contribution in [1.82, 2.24) is 5.32 Å². The van der Waals surface area contributed by atoms with Crippen molar-refractivity contribution >= 4 is 15.9 Å². The van der Waals surface area contributed by atoms with Crippen LogP contribution in [-0.2, 0) is 6.54 Å². The lowest BCUT2D eigenvalue weighted by molar-refractivity contribution is 0.463. The molecule has 1 N–H and O–H groups in total. The van der Waals surface area contributed by atoms with Gasteiger partial charge in [-0.2, -0.15) is 0 Å². The van der Waals surface area contributed by atoms with Crippen LogP contribution in [0.2, 0.25) is 0 Å². The molecule has 0 amide bonds. The number of hydrogen-bond acceptors (Lipinski definition) is 2. The molecule has 0 spiro atoms. The van der Waals surface area contributed by atoms with Crippen molar-refractivity contribution in [3.63, 3.8) is 0 Å². The van der Waals surface area contributed by atoms with Crippen molar-refractivity contribution in [3.05, 3.63) is 57.8 Å². The first-order valence-electron chi connectivity index (χ1n) is 6.91. The van der Waals surface area contributed by atoms with Crippen molar-refractivity contribution in [2.24, 2.45) is 0 Å². The van der Waals surface area contributed by atoms with Gasteiger partial charge in [-0.05, 0) is 48.9 Å². The van der Waals surface area contributed by atoms with E-state index >= 15 is 0 Å². The van der Waals surface area contributed by atoms with Crippen LogP contribution in [0.5, 0.6) is 11.5 Å². The zero-order valence-electron chi connectivity index (χ0n) is 12.4. The number of aryl methyl sites for hydroxylation is 1. The van der Waals surface area contributed by atoms with Gasteiger partial charge in [0.1, 0.15) is 17.3 Å². The Hall–Kier alpha value is -1.39. The van der Waals surface area contributed by atoms with E-state index in [-0.39, 0.29) is 5.82 Å². The quantitative estimate of drug-likeness (QED) is 0.800. The van der Waals surface area contributed by atoms with Crippen LogP contribution in [0.3, 0.4) is 0 Å². The Morgan fingerprint density at radius 1 is 1.14 bits per heavy atom. The van der Waals surface area contributed by atoms with Crippen LogP contribution in [0.15, 0.2) is 40.9 Å². The molecule has 0 aliphatic carbocycles. The summed E-state index contributed by atoms with van der Waals surface area (Å²) >= 11 is 3.43. The van der Waals surface area contributed by atoms with E-state index in [9.17, 15) is 4.39 Å². The summed E-state index contributed by atoms with van der Waals surface area (Å²) in [6.07, 6.45) is 0. The van der Waals surface area contributed by atoms with E-state index < -0.39 is 0 Å². The van der Waals surface area contributed by atoms with Gasteiger partial charge in [-0.3, -0.25) is 0 Å². The molecule has 2 rings (SSSR count). The minimum atomic E-state index is -0.254. The molecule has 2 aromatic carbocycles. The maximum atomic E-state index is 13.5. The molecule has 0 aliphatic heterocycles. The monoisotopic (exact) mass is 351 g/mol. The average Bonchev–Trinajstić information content (AvgIpc) is 2.41. The normalized spacial score (nSPS) is 11.0. The molecule has 4 heteroatoms. The lowest BCUT2D eigenvalue weighted by Crippen LogP contribution is -2.22. The van der Waals surface area contributed by atoms with Gasteiger partial charge in [0.25, 0.3) is 0 Å². The summed E-state index contributed by atoms with van der Waals surface area (Å²) in [6.45, 7) is 6.66. The van der Waals surface area contributed by atoms with Gasteiger partial charge < -0.3 is 10.1 Å². The van der Waals surface area contributed by atoms with E-state index in [2.05, 4.69) is 35.1 Å². The Kier molecular flexibility index (Phi) is 5.37. The van der Waals surface area contributed by atoms with Crippen LogP contribution in [0.25, 0.3) is 0 Å². The molecular formula is C17H19BrFNO. The van der Waals surface area contributed by atoms with Gasteiger partial charge in [0.05, 0.1) is 0 Å². The fourth-order valence-electron chi connectivity index (χ4n) is 1.95. The van der Waals surface area contributed by atoms with Gasteiger partial charge in [0.15, 0.2) is 0 Å². The van der Waals surface area contributed by atoms with Crippen LogP contribution < -0.4 is 10.1 Å². The standard InChI is InChI=1S/C17H19BrFNO/c1-11(2)20-10-13-9-15(19)5-7-17(13)21-16-6-4-14(18)8-12(16)3/h4-9,11,20H,10H2,1-3H3. The summed E-state index contributed by atoms with van der Waals surface area (Å²) in [7, 11) is 0. The van der Waals surface area contributed by atoms with Crippen LogP contribution in [0.4, 0.5) is 4.39 Å². The van der Waals surface area contributed by atoms with Crippen LogP contribution in [-0.4, -0.2) is 6.04 Å². The summed E-state index contributed by atoms with van der Waals surface area (Å²) in [5.74, 6) is 1.20. The molecule has 0 fully saturated rings. The lowest BCUT2D eigenvalue weighted by atomic mass is 10.1. The van der Waals surface area contributed by atoms with E-state index in [1.165, 1.54) is 12.1 Å². The fraction of sp³-hybridized carbons (Fsp3) is 0.294. The van der Waals surface area contributed by atoms with Crippen LogP contribution >= 0.6 is 15.9 Å². The number of ether oxygens (including phenoxy) is 1. The van der Waals surface area contributed by atoms with Crippen molar-refractivity contribution in [2.45, 2.75) is 33.4 Å². The van der Waals surface area contributed by atoms with Crippen molar-refractivity contribution in [1.29, 1.82) is 0 Å². The Bertz CT molecular complexity index is 628. The van der Waals surface area contributed by atoms with Gasteiger partial charge in [0, 0.05) is 22.6 Å². The Morgan fingerprint density at radius 2 is 1.86 bits per heavy atom. The third-order valence-electron chi connectivity index (χ3n) is 3.08. The van der Waals surface area contributed by atoms with Crippen LogP contribution in [0.1, 0.15) is 25.0 Å². The van der Waals surface area contributed by atoms with E-state index in [1.807, 2.05) is 25.1 Å². The van der Waals surface area contributed by atoms with E-state index in [0.29, 0.717) is 18.3 Å². The van der Waals surface area contributed by atoms with E-state index in [0.717, 1.165) is 21.3 Å². The van der Waals surface area contributed by atoms with E-state index in [4.69, 9.17) is 4.74 Å². The number of rotatable bonds is 5. The minimum absolute atomic E-state index is 0.254. The molecule has 0 unspecified atom stereocenters. The average molecular weight is 352 g/mol. The first-order chi connectivity index (χ1) is 9.95. The third-order valence-corrected chi connectivity index (χ3v) is 3.57. The number of halogens is 2. The predicted octanol–water partition coefficient (Wildman–Crippen LogP) is 5.19. The van der Waals surface area contributed by atoms with Crippen molar-refractivity contribution < 1.29 is 9.13 Å². The molecule has 0 aliphatic rings. The predicted molar refractivity (Wildman–Crippen MR) is 87.3 cm³/mol. The highest BCUT2D eigenvalue weighted by Gasteiger charge is 2.09. The summed E-state index contributed by atoms with van der Waals surface area (Å²) in [5.41, 5.74) is 1.84. The van der Waals surface area contributed by atoms with Crippen molar-refractivity contribution in [3.8, 4) is 11.5 Å². The second kappa shape index (κ2) is 7.05. The lowest BCUT2D eigenvalue weighted by Gasteiger charge is -2.15. The summed E-state index contributed by atoms with van der Waals surface area (Å²) < 4.78 is 20.4. The largest absolute Gasteiger partial charge is 0.457 e. The van der Waals surface area contributed by atoms with E-state index in [1.54, 1.807) is 6.07 Å². The summed E-state index contributed by atoms with van der Waals surface area (Å²) in [5, 5.41) is 3.28. The Balaban J connectivity index is 2.26. The molecule has 0 bridgehead atoms. The van der Waals surface area contributed by atoms with Crippen molar-refractivity contribution in [2.75, 3.05) is 0 Å². The molecule has 0 atom stereocenters. The molecule has 0 heterocycles. The number of benzene rings is 2. The molecular weight excluding hydrogens is 333 g/mol. The van der Waals surface area contributed by atoms with Gasteiger partial charge in [-0.25, -0.2) is 4.39 Å². The minimum Gasteiger partial charge on any atom is -0.457 e. The highest BCUT2D eigenvalue weighted by molar-refractivity contribution is 9.10. The van der Waals surface area contributed by atoms with Gasteiger partial charge in [0.2, 0.25) is 0 Å². The van der Waals surface area contributed by atoms with Crippen LogP contribution in [0, 0.1) is 12.7 Å². The highest BCUT2D eigenvalue weighted by Crippen LogP contribution is 2.30. The Labute approximate surface area is 133 Å².